The molecule has 1 aromatic carbocycles. The van der Waals surface area contributed by atoms with Crippen LogP contribution < -0.4 is 10.6 Å². The molecular weight excluding hydrogens is 252 g/mol. The van der Waals surface area contributed by atoms with Crippen LogP contribution in [-0.2, 0) is 4.74 Å². The van der Waals surface area contributed by atoms with Crippen LogP contribution in [0.4, 0.5) is 10.5 Å². The zero-order chi connectivity index (χ0) is 13.5. The van der Waals surface area contributed by atoms with Gasteiger partial charge in [0.05, 0.1) is 17.3 Å². The summed E-state index contributed by atoms with van der Waals surface area (Å²) in [5, 5.41) is 0.561. The molecule has 1 heterocycles. The van der Waals surface area contributed by atoms with E-state index >= 15 is 0 Å². The summed E-state index contributed by atoms with van der Waals surface area (Å²) in [5.41, 5.74) is 7.73. The summed E-state index contributed by atoms with van der Waals surface area (Å²) in [6.45, 7) is 6.43. The lowest BCUT2D eigenvalue weighted by molar-refractivity contribution is 0.0789. The molecule has 1 saturated heterocycles. The van der Waals surface area contributed by atoms with E-state index in [2.05, 4.69) is 0 Å². The molecule has 0 spiro atoms. The number of carbonyl (C=O) groups excluding carboxylic acids is 1. The third-order valence-corrected chi connectivity index (χ3v) is 3.43. The summed E-state index contributed by atoms with van der Waals surface area (Å²) < 4.78 is 5.31. The molecule has 1 unspecified atom stereocenters. The number of ether oxygens (including phenoxy) is 1. The number of halogens is 1. The molecule has 1 fully saturated rings. The zero-order valence-corrected chi connectivity index (χ0v) is 11.5. The van der Waals surface area contributed by atoms with E-state index in [1.165, 1.54) is 0 Å². The van der Waals surface area contributed by atoms with Crippen LogP contribution in [0, 0.1) is 13.8 Å². The molecule has 5 heteroatoms. The molecule has 98 valence electrons. The van der Waals surface area contributed by atoms with Gasteiger partial charge in [-0.25, -0.2) is 4.79 Å². The fraction of sp³-hybridized carbons (Fsp3) is 0.462. The summed E-state index contributed by atoms with van der Waals surface area (Å²) in [4.78, 5) is 13.5. The van der Waals surface area contributed by atoms with Crippen LogP contribution in [0.5, 0.6) is 0 Å². The highest BCUT2D eigenvalue weighted by Gasteiger charge is 2.42. The maximum atomic E-state index is 11.9. The van der Waals surface area contributed by atoms with Crippen LogP contribution >= 0.6 is 11.6 Å². The SMILES string of the molecule is Cc1cc(C)c(N2CC(C)(CN)OC2=O)c(Cl)c1. The van der Waals surface area contributed by atoms with Gasteiger partial charge in [-0.3, -0.25) is 4.90 Å². The van der Waals surface area contributed by atoms with Crippen molar-refractivity contribution >= 4 is 23.4 Å². The van der Waals surface area contributed by atoms with Crippen molar-refractivity contribution in [2.45, 2.75) is 26.4 Å². The number of amides is 1. The topological polar surface area (TPSA) is 55.6 Å². The van der Waals surface area contributed by atoms with Gasteiger partial charge >= 0.3 is 6.09 Å². The van der Waals surface area contributed by atoms with Crippen LogP contribution in [0.1, 0.15) is 18.1 Å². The third kappa shape index (κ3) is 2.18. The number of cyclic esters (lactones) is 1. The van der Waals surface area contributed by atoms with E-state index in [1.807, 2.05) is 32.9 Å². The van der Waals surface area contributed by atoms with E-state index in [0.717, 1.165) is 11.1 Å². The van der Waals surface area contributed by atoms with Crippen molar-refractivity contribution in [3.05, 3.63) is 28.3 Å². The monoisotopic (exact) mass is 268 g/mol. The molecular formula is C13H17ClN2O2. The zero-order valence-electron chi connectivity index (χ0n) is 10.8. The molecule has 4 nitrogen and oxygen atoms in total. The second-order valence-electron chi connectivity index (χ2n) is 5.02. The number of benzene rings is 1. The Morgan fingerprint density at radius 3 is 2.67 bits per heavy atom. The summed E-state index contributed by atoms with van der Waals surface area (Å²) in [6.07, 6.45) is -0.392. The van der Waals surface area contributed by atoms with Gasteiger partial charge in [0.1, 0.15) is 5.60 Å². The van der Waals surface area contributed by atoms with Crippen molar-refractivity contribution in [2.75, 3.05) is 18.0 Å². The minimum absolute atomic E-state index is 0.289. The Morgan fingerprint density at radius 2 is 2.17 bits per heavy atom. The van der Waals surface area contributed by atoms with Gasteiger partial charge in [0, 0.05) is 6.54 Å². The first-order valence-corrected chi connectivity index (χ1v) is 6.21. The fourth-order valence-electron chi connectivity index (χ4n) is 2.22. The van der Waals surface area contributed by atoms with Gasteiger partial charge in [-0.15, -0.1) is 0 Å². The number of carbonyl (C=O) groups is 1. The molecule has 0 saturated carbocycles. The van der Waals surface area contributed by atoms with Gasteiger partial charge in [0.2, 0.25) is 0 Å². The van der Waals surface area contributed by atoms with Crippen molar-refractivity contribution in [3.8, 4) is 0 Å². The third-order valence-electron chi connectivity index (χ3n) is 3.15. The molecule has 1 amide bonds. The minimum atomic E-state index is -0.641. The van der Waals surface area contributed by atoms with Crippen molar-refractivity contribution in [3.63, 3.8) is 0 Å². The molecule has 18 heavy (non-hydrogen) atoms. The highest BCUT2D eigenvalue weighted by Crippen LogP contribution is 2.35. The van der Waals surface area contributed by atoms with Crippen molar-refractivity contribution in [1.29, 1.82) is 0 Å². The summed E-state index contributed by atoms with van der Waals surface area (Å²) in [6, 6.07) is 3.84. The normalized spacial score (nSPS) is 23.4. The fourth-order valence-corrected chi connectivity index (χ4v) is 2.65. The largest absolute Gasteiger partial charge is 0.440 e. The lowest BCUT2D eigenvalue weighted by Gasteiger charge is -2.21. The number of anilines is 1. The Hall–Kier alpha value is -1.26. The molecule has 1 atom stereocenters. The maximum absolute atomic E-state index is 11.9. The predicted molar refractivity (Wildman–Crippen MR) is 72.2 cm³/mol. The van der Waals surface area contributed by atoms with Gasteiger partial charge in [-0.1, -0.05) is 17.7 Å². The van der Waals surface area contributed by atoms with Crippen LogP contribution in [0.2, 0.25) is 5.02 Å². The Labute approximate surface area is 112 Å². The average molecular weight is 269 g/mol. The van der Waals surface area contributed by atoms with Crippen molar-refractivity contribution < 1.29 is 9.53 Å². The summed E-state index contributed by atoms with van der Waals surface area (Å²) in [5.74, 6) is 0. The minimum Gasteiger partial charge on any atom is -0.440 e. The standard InChI is InChI=1S/C13H17ClN2O2/c1-8-4-9(2)11(10(14)5-8)16-7-13(3,6-15)18-12(16)17/h4-5H,6-7,15H2,1-3H3. The average Bonchev–Trinajstić information content (AvgIpc) is 2.54. The summed E-state index contributed by atoms with van der Waals surface area (Å²) in [7, 11) is 0. The van der Waals surface area contributed by atoms with Crippen LogP contribution in [0.25, 0.3) is 0 Å². The quantitative estimate of drug-likeness (QED) is 0.897. The van der Waals surface area contributed by atoms with Crippen LogP contribution in [-0.4, -0.2) is 24.8 Å². The molecule has 0 bridgehead atoms. The first-order chi connectivity index (χ1) is 8.36. The van der Waals surface area contributed by atoms with Gasteiger partial charge in [0.25, 0.3) is 0 Å². The van der Waals surface area contributed by atoms with Crippen molar-refractivity contribution in [1.82, 2.24) is 0 Å². The molecule has 1 aromatic rings. The molecule has 1 aliphatic rings. The predicted octanol–water partition coefficient (Wildman–Crippen LogP) is 2.63. The molecule has 1 aliphatic heterocycles. The Balaban J connectivity index is 2.42. The number of nitrogens with zero attached hydrogens (tertiary/aromatic N) is 1. The van der Waals surface area contributed by atoms with E-state index in [0.29, 0.717) is 17.3 Å². The van der Waals surface area contributed by atoms with E-state index < -0.39 is 11.7 Å². The summed E-state index contributed by atoms with van der Waals surface area (Å²) >= 11 is 6.24. The van der Waals surface area contributed by atoms with Gasteiger partial charge < -0.3 is 10.5 Å². The highest BCUT2D eigenvalue weighted by atomic mass is 35.5. The number of rotatable bonds is 2. The van der Waals surface area contributed by atoms with Crippen LogP contribution in [0.15, 0.2) is 12.1 Å². The van der Waals surface area contributed by atoms with Gasteiger partial charge in [0.15, 0.2) is 0 Å². The molecule has 2 rings (SSSR count). The van der Waals surface area contributed by atoms with Gasteiger partial charge in [-0.05, 0) is 38.0 Å². The maximum Gasteiger partial charge on any atom is 0.415 e. The van der Waals surface area contributed by atoms with E-state index in [1.54, 1.807) is 4.90 Å². The molecule has 0 aromatic heterocycles. The van der Waals surface area contributed by atoms with Gasteiger partial charge in [-0.2, -0.15) is 0 Å². The van der Waals surface area contributed by atoms with Crippen molar-refractivity contribution in [2.24, 2.45) is 5.73 Å². The Morgan fingerprint density at radius 1 is 1.50 bits per heavy atom. The van der Waals surface area contributed by atoms with Crippen LogP contribution in [0.3, 0.4) is 0 Å². The first-order valence-electron chi connectivity index (χ1n) is 5.83. The number of nitrogens with two attached hydrogens (primary N) is 1. The molecule has 0 radical (unpaired) electrons. The van der Waals surface area contributed by atoms with E-state index in [-0.39, 0.29) is 6.54 Å². The number of aryl methyl sites for hydroxylation is 2. The number of hydrogen-bond donors (Lipinski definition) is 1. The Bertz CT molecular complexity index is 481. The number of hydrogen-bond acceptors (Lipinski definition) is 3. The molecule has 2 N–H and O–H groups in total. The highest BCUT2D eigenvalue weighted by molar-refractivity contribution is 6.34. The van der Waals surface area contributed by atoms with E-state index in [9.17, 15) is 4.79 Å². The second-order valence-corrected chi connectivity index (χ2v) is 5.43. The molecule has 0 aliphatic carbocycles. The smallest absolute Gasteiger partial charge is 0.415 e. The second kappa shape index (κ2) is 4.44. The Kier molecular flexibility index (Phi) is 3.25. The van der Waals surface area contributed by atoms with E-state index in [4.69, 9.17) is 22.1 Å². The first kappa shape index (κ1) is 13.2. The lowest BCUT2D eigenvalue weighted by atomic mass is 10.1. The lowest BCUT2D eigenvalue weighted by Crippen LogP contribution is -2.39.